The number of thioether (sulfide) groups is 1. The summed E-state index contributed by atoms with van der Waals surface area (Å²) in [5.74, 6) is 2.00. The predicted molar refractivity (Wildman–Crippen MR) is 71.6 cm³/mol. The van der Waals surface area contributed by atoms with Gasteiger partial charge in [-0.3, -0.25) is 4.98 Å². The molecule has 2 aromatic rings. The first-order chi connectivity index (χ1) is 7.77. The highest BCUT2D eigenvalue weighted by Gasteiger charge is 2.02. The number of hydrogen-bond acceptors (Lipinski definition) is 3. The van der Waals surface area contributed by atoms with Crippen molar-refractivity contribution in [3.05, 3.63) is 42.1 Å². The Balaban J connectivity index is 2.17. The number of benzene rings is 1. The zero-order chi connectivity index (χ0) is 11.4. The van der Waals surface area contributed by atoms with E-state index in [1.165, 1.54) is 10.9 Å². The van der Waals surface area contributed by atoms with E-state index < -0.39 is 0 Å². The minimum absolute atomic E-state index is 0.262. The van der Waals surface area contributed by atoms with Crippen molar-refractivity contribution in [2.75, 3.05) is 5.75 Å². The molecule has 0 aliphatic heterocycles. The van der Waals surface area contributed by atoms with Gasteiger partial charge in [0.1, 0.15) is 0 Å². The van der Waals surface area contributed by atoms with Crippen LogP contribution in [0.4, 0.5) is 0 Å². The minimum Gasteiger partial charge on any atom is -0.327 e. The molecular weight excluding hydrogens is 216 g/mol. The molecule has 3 heteroatoms. The third-order valence-corrected chi connectivity index (χ3v) is 3.65. The third-order valence-electron chi connectivity index (χ3n) is 2.38. The van der Waals surface area contributed by atoms with Crippen molar-refractivity contribution in [3.8, 4) is 0 Å². The molecule has 0 radical (unpaired) electrons. The maximum atomic E-state index is 5.74. The number of fused-ring (bicyclic) bond motifs is 1. The highest BCUT2D eigenvalue weighted by molar-refractivity contribution is 7.98. The lowest BCUT2D eigenvalue weighted by Crippen LogP contribution is -2.17. The smallest absolute Gasteiger partial charge is 0.0705 e. The van der Waals surface area contributed by atoms with Gasteiger partial charge >= 0.3 is 0 Å². The summed E-state index contributed by atoms with van der Waals surface area (Å²) >= 11 is 1.88. The number of hydrogen-bond donors (Lipinski definition) is 1. The van der Waals surface area contributed by atoms with Gasteiger partial charge in [-0.15, -0.1) is 0 Å². The predicted octanol–water partition coefficient (Wildman–Crippen LogP) is 2.82. The van der Waals surface area contributed by atoms with Gasteiger partial charge in [0.2, 0.25) is 0 Å². The standard InChI is InChI=1S/C13H16N2S/c1-10(14)8-16-9-11-6-7-15-13-5-3-2-4-12(11)13/h2-7,10H,8-9,14H2,1H3. The topological polar surface area (TPSA) is 38.9 Å². The molecule has 0 aliphatic rings. The van der Waals surface area contributed by atoms with Gasteiger partial charge in [-0.1, -0.05) is 18.2 Å². The molecule has 1 heterocycles. The molecule has 0 fully saturated rings. The quantitative estimate of drug-likeness (QED) is 0.881. The van der Waals surface area contributed by atoms with Crippen molar-refractivity contribution in [1.29, 1.82) is 0 Å². The van der Waals surface area contributed by atoms with Crippen molar-refractivity contribution in [2.45, 2.75) is 18.7 Å². The average molecular weight is 232 g/mol. The van der Waals surface area contributed by atoms with Gasteiger partial charge in [-0.25, -0.2) is 0 Å². The zero-order valence-electron chi connectivity index (χ0n) is 9.39. The Labute approximate surface area is 100 Å². The maximum absolute atomic E-state index is 5.74. The Hall–Kier alpha value is -1.06. The SMILES string of the molecule is CC(N)CSCc1ccnc2ccccc12. The fourth-order valence-electron chi connectivity index (χ4n) is 1.64. The summed E-state index contributed by atoms with van der Waals surface area (Å²) in [7, 11) is 0. The molecular formula is C13H16N2S. The van der Waals surface area contributed by atoms with Crippen LogP contribution in [0.25, 0.3) is 10.9 Å². The summed E-state index contributed by atoms with van der Waals surface area (Å²) in [5.41, 5.74) is 8.15. The molecule has 2 N–H and O–H groups in total. The van der Waals surface area contributed by atoms with Crippen LogP contribution in [-0.2, 0) is 5.75 Å². The molecule has 0 aliphatic carbocycles. The van der Waals surface area contributed by atoms with Crippen LogP contribution in [0, 0.1) is 0 Å². The van der Waals surface area contributed by atoms with E-state index in [2.05, 4.69) is 29.2 Å². The van der Waals surface area contributed by atoms with E-state index in [1.807, 2.05) is 30.9 Å². The Morgan fingerprint density at radius 2 is 2.12 bits per heavy atom. The van der Waals surface area contributed by atoms with E-state index in [9.17, 15) is 0 Å². The van der Waals surface area contributed by atoms with Crippen LogP contribution in [0.3, 0.4) is 0 Å². The molecule has 2 nitrogen and oxygen atoms in total. The number of rotatable bonds is 4. The van der Waals surface area contributed by atoms with Crippen molar-refractivity contribution < 1.29 is 0 Å². The first-order valence-corrected chi connectivity index (χ1v) is 6.59. The molecule has 1 unspecified atom stereocenters. The third kappa shape index (κ3) is 2.74. The van der Waals surface area contributed by atoms with Gasteiger partial charge in [0.25, 0.3) is 0 Å². The lowest BCUT2D eigenvalue weighted by atomic mass is 10.1. The monoisotopic (exact) mass is 232 g/mol. The molecule has 1 aromatic heterocycles. The molecule has 1 aromatic carbocycles. The van der Waals surface area contributed by atoms with E-state index in [-0.39, 0.29) is 6.04 Å². The Morgan fingerprint density at radius 1 is 1.31 bits per heavy atom. The molecule has 16 heavy (non-hydrogen) atoms. The molecule has 0 bridgehead atoms. The lowest BCUT2D eigenvalue weighted by Gasteiger charge is -2.07. The summed E-state index contributed by atoms with van der Waals surface area (Å²) in [6.45, 7) is 2.04. The molecule has 0 amide bonds. The highest BCUT2D eigenvalue weighted by atomic mass is 32.2. The van der Waals surface area contributed by atoms with Gasteiger partial charge in [0.15, 0.2) is 0 Å². The summed E-state index contributed by atoms with van der Waals surface area (Å²) < 4.78 is 0. The van der Waals surface area contributed by atoms with E-state index >= 15 is 0 Å². The number of pyridine rings is 1. The summed E-state index contributed by atoms with van der Waals surface area (Å²) in [4.78, 5) is 4.35. The van der Waals surface area contributed by atoms with Gasteiger partial charge < -0.3 is 5.73 Å². The number of aromatic nitrogens is 1. The van der Waals surface area contributed by atoms with E-state index in [0.29, 0.717) is 0 Å². The van der Waals surface area contributed by atoms with Gasteiger partial charge in [0, 0.05) is 29.1 Å². The molecule has 0 spiro atoms. The molecule has 0 saturated carbocycles. The van der Waals surface area contributed by atoms with Crippen LogP contribution in [0.5, 0.6) is 0 Å². The summed E-state index contributed by atoms with van der Waals surface area (Å²) in [5, 5.41) is 1.25. The van der Waals surface area contributed by atoms with Crippen molar-refractivity contribution in [3.63, 3.8) is 0 Å². The van der Waals surface area contributed by atoms with Crippen molar-refractivity contribution in [2.24, 2.45) is 5.73 Å². The highest BCUT2D eigenvalue weighted by Crippen LogP contribution is 2.21. The molecule has 1 atom stereocenters. The maximum Gasteiger partial charge on any atom is 0.0705 e. The van der Waals surface area contributed by atoms with Crippen LogP contribution in [0.2, 0.25) is 0 Å². The summed E-state index contributed by atoms with van der Waals surface area (Å²) in [6.07, 6.45) is 1.88. The molecule has 2 rings (SSSR count). The Morgan fingerprint density at radius 3 is 2.94 bits per heavy atom. The van der Waals surface area contributed by atoms with E-state index in [4.69, 9.17) is 5.73 Å². The van der Waals surface area contributed by atoms with E-state index in [0.717, 1.165) is 17.0 Å². The normalized spacial score (nSPS) is 12.9. The van der Waals surface area contributed by atoms with Crippen molar-refractivity contribution in [1.82, 2.24) is 4.98 Å². The first-order valence-electron chi connectivity index (χ1n) is 5.43. The second-order valence-corrected chi connectivity index (χ2v) is 5.01. The summed E-state index contributed by atoms with van der Waals surface area (Å²) in [6, 6.07) is 10.6. The zero-order valence-corrected chi connectivity index (χ0v) is 10.2. The molecule has 84 valence electrons. The van der Waals surface area contributed by atoms with Gasteiger partial charge in [0.05, 0.1) is 5.52 Å². The minimum atomic E-state index is 0.262. The molecule has 0 saturated heterocycles. The first kappa shape index (κ1) is 11.4. The largest absolute Gasteiger partial charge is 0.327 e. The number of para-hydroxylation sites is 1. The van der Waals surface area contributed by atoms with Crippen LogP contribution >= 0.6 is 11.8 Å². The fraction of sp³-hybridized carbons (Fsp3) is 0.308. The second-order valence-electron chi connectivity index (χ2n) is 3.98. The van der Waals surface area contributed by atoms with Crippen LogP contribution in [0.1, 0.15) is 12.5 Å². The van der Waals surface area contributed by atoms with E-state index in [1.54, 1.807) is 0 Å². The Bertz CT molecular complexity index is 463. The van der Waals surface area contributed by atoms with Gasteiger partial charge in [-0.05, 0) is 24.6 Å². The lowest BCUT2D eigenvalue weighted by molar-refractivity contribution is 0.847. The number of nitrogens with two attached hydrogens (primary N) is 1. The second kappa shape index (κ2) is 5.32. The van der Waals surface area contributed by atoms with Crippen LogP contribution in [-0.4, -0.2) is 16.8 Å². The fourth-order valence-corrected chi connectivity index (χ4v) is 2.60. The van der Waals surface area contributed by atoms with Crippen LogP contribution < -0.4 is 5.73 Å². The Kier molecular flexibility index (Phi) is 3.80. The van der Waals surface area contributed by atoms with Gasteiger partial charge in [-0.2, -0.15) is 11.8 Å². The van der Waals surface area contributed by atoms with Crippen molar-refractivity contribution >= 4 is 22.7 Å². The average Bonchev–Trinajstić information content (AvgIpc) is 2.29. The van der Waals surface area contributed by atoms with Crippen LogP contribution in [0.15, 0.2) is 36.5 Å². The number of nitrogens with zero attached hydrogens (tertiary/aromatic N) is 1.